The van der Waals surface area contributed by atoms with Crippen LogP contribution in [0.5, 0.6) is 5.75 Å². The van der Waals surface area contributed by atoms with Gasteiger partial charge in [0.2, 0.25) is 0 Å². The molecule has 2 rings (SSSR count). The van der Waals surface area contributed by atoms with E-state index < -0.39 is 0 Å². The van der Waals surface area contributed by atoms with E-state index in [1.807, 2.05) is 32.0 Å². The van der Waals surface area contributed by atoms with Gasteiger partial charge in [0, 0.05) is 12.5 Å². The lowest BCUT2D eigenvalue weighted by molar-refractivity contribution is -0.143. The summed E-state index contributed by atoms with van der Waals surface area (Å²) in [5, 5.41) is 3.30. The predicted molar refractivity (Wildman–Crippen MR) is 78.0 cm³/mol. The Morgan fingerprint density at radius 2 is 2.00 bits per heavy atom. The fraction of sp³-hybridized carbons (Fsp3) is 0.562. The Bertz CT molecular complexity index is 449. The molecule has 0 spiro atoms. The van der Waals surface area contributed by atoms with Gasteiger partial charge in [0.25, 0.3) is 0 Å². The summed E-state index contributed by atoms with van der Waals surface area (Å²) in [6.45, 7) is 4.57. The molecule has 4 heteroatoms. The van der Waals surface area contributed by atoms with E-state index in [-0.39, 0.29) is 12.0 Å². The number of para-hydroxylation sites is 1. The number of carbonyl (C=O) groups excluding carboxylic acids is 1. The first-order chi connectivity index (χ1) is 9.61. The number of methoxy groups -OCH3 is 1. The Kier molecular flexibility index (Phi) is 5.01. The van der Waals surface area contributed by atoms with Gasteiger partial charge >= 0.3 is 5.97 Å². The second-order valence-electron chi connectivity index (χ2n) is 5.37. The van der Waals surface area contributed by atoms with Crippen molar-refractivity contribution in [1.82, 2.24) is 5.32 Å². The molecule has 0 radical (unpaired) electrons. The van der Waals surface area contributed by atoms with Crippen molar-refractivity contribution in [1.29, 1.82) is 0 Å². The maximum atomic E-state index is 11.7. The number of hydrogen-bond donors (Lipinski definition) is 1. The highest BCUT2D eigenvalue weighted by molar-refractivity contribution is 5.75. The number of carbonyl (C=O) groups is 1. The van der Waals surface area contributed by atoms with Crippen molar-refractivity contribution in [2.45, 2.75) is 45.2 Å². The third-order valence-corrected chi connectivity index (χ3v) is 3.56. The van der Waals surface area contributed by atoms with E-state index in [4.69, 9.17) is 9.47 Å². The zero-order chi connectivity index (χ0) is 14.5. The average molecular weight is 277 g/mol. The average Bonchev–Trinajstić information content (AvgIpc) is 3.24. The Morgan fingerprint density at radius 3 is 2.55 bits per heavy atom. The minimum atomic E-state index is -0.267. The quantitative estimate of drug-likeness (QED) is 0.777. The molecule has 1 aliphatic rings. The minimum Gasteiger partial charge on any atom is -0.493 e. The lowest BCUT2D eigenvalue weighted by atomic mass is 10.1. The van der Waals surface area contributed by atoms with E-state index in [2.05, 4.69) is 5.32 Å². The number of benzene rings is 1. The van der Waals surface area contributed by atoms with Crippen LogP contribution in [0.25, 0.3) is 0 Å². The Hall–Kier alpha value is -1.55. The minimum absolute atomic E-state index is 0.206. The molecule has 1 atom stereocenters. The van der Waals surface area contributed by atoms with Gasteiger partial charge in [-0.3, -0.25) is 4.79 Å². The molecule has 1 unspecified atom stereocenters. The molecule has 20 heavy (non-hydrogen) atoms. The highest BCUT2D eigenvalue weighted by atomic mass is 16.5. The maximum Gasteiger partial charge on any atom is 0.322 e. The molecule has 110 valence electrons. The molecule has 1 saturated carbocycles. The molecule has 0 bridgehead atoms. The van der Waals surface area contributed by atoms with Gasteiger partial charge in [-0.1, -0.05) is 18.2 Å². The summed E-state index contributed by atoms with van der Waals surface area (Å²) in [5.74, 6) is 0.713. The van der Waals surface area contributed by atoms with E-state index in [1.165, 1.54) is 7.11 Å². The van der Waals surface area contributed by atoms with E-state index in [0.717, 1.165) is 29.7 Å². The molecule has 0 amide bonds. The van der Waals surface area contributed by atoms with E-state index >= 15 is 0 Å². The molecule has 4 nitrogen and oxygen atoms in total. The smallest absolute Gasteiger partial charge is 0.322 e. The molecule has 1 aromatic rings. The third kappa shape index (κ3) is 3.97. The van der Waals surface area contributed by atoms with Gasteiger partial charge in [-0.2, -0.15) is 0 Å². The van der Waals surface area contributed by atoms with Crippen molar-refractivity contribution in [3.63, 3.8) is 0 Å². The first-order valence-corrected chi connectivity index (χ1v) is 7.14. The molecule has 1 aromatic carbocycles. The largest absolute Gasteiger partial charge is 0.493 e. The third-order valence-electron chi connectivity index (χ3n) is 3.56. The second kappa shape index (κ2) is 6.75. The fourth-order valence-electron chi connectivity index (χ4n) is 2.25. The topological polar surface area (TPSA) is 47.6 Å². The Morgan fingerprint density at radius 1 is 1.35 bits per heavy atom. The number of ether oxygens (including phenoxy) is 2. The van der Waals surface area contributed by atoms with Gasteiger partial charge in [-0.25, -0.2) is 0 Å². The van der Waals surface area contributed by atoms with Crippen LogP contribution >= 0.6 is 0 Å². The van der Waals surface area contributed by atoms with E-state index in [1.54, 1.807) is 0 Å². The number of hydrogen-bond acceptors (Lipinski definition) is 4. The predicted octanol–water partition coefficient (Wildman–Crippen LogP) is 2.37. The van der Waals surface area contributed by atoms with Crippen LogP contribution in [0.4, 0.5) is 0 Å². The standard InChI is InChI=1S/C16H23NO3/c1-11-5-4-6-12(2)15(11)20-10-9-14(16(18)19-3)17-13-7-8-13/h4-6,13-14,17H,7-10H2,1-3H3. The Balaban J connectivity index is 1.87. The first-order valence-electron chi connectivity index (χ1n) is 7.14. The van der Waals surface area contributed by atoms with Crippen molar-refractivity contribution in [3.8, 4) is 5.75 Å². The van der Waals surface area contributed by atoms with Crippen molar-refractivity contribution in [2.24, 2.45) is 0 Å². The summed E-state index contributed by atoms with van der Waals surface area (Å²) in [6.07, 6.45) is 2.91. The summed E-state index contributed by atoms with van der Waals surface area (Å²) in [5.41, 5.74) is 2.24. The van der Waals surface area contributed by atoms with Gasteiger partial charge in [0.15, 0.2) is 0 Å². The van der Waals surface area contributed by atoms with Crippen LogP contribution in [-0.2, 0) is 9.53 Å². The summed E-state index contributed by atoms with van der Waals surface area (Å²) in [7, 11) is 1.43. The van der Waals surface area contributed by atoms with Crippen LogP contribution in [0.1, 0.15) is 30.4 Å². The molecule has 0 aromatic heterocycles. The normalized spacial score (nSPS) is 15.8. The molecule has 0 aliphatic heterocycles. The number of nitrogens with one attached hydrogen (secondary N) is 1. The van der Waals surface area contributed by atoms with Gasteiger partial charge in [-0.15, -0.1) is 0 Å². The van der Waals surface area contributed by atoms with E-state index in [0.29, 0.717) is 19.1 Å². The molecule has 0 heterocycles. The highest BCUT2D eigenvalue weighted by Gasteiger charge is 2.28. The highest BCUT2D eigenvalue weighted by Crippen LogP contribution is 2.23. The number of rotatable bonds is 7. The van der Waals surface area contributed by atoms with Gasteiger partial charge in [0.1, 0.15) is 11.8 Å². The van der Waals surface area contributed by atoms with Crippen molar-refractivity contribution < 1.29 is 14.3 Å². The van der Waals surface area contributed by atoms with Gasteiger partial charge in [-0.05, 0) is 37.8 Å². The molecule has 1 fully saturated rings. The SMILES string of the molecule is COC(=O)C(CCOc1c(C)cccc1C)NC1CC1. The monoisotopic (exact) mass is 277 g/mol. The van der Waals surface area contributed by atoms with Crippen molar-refractivity contribution >= 4 is 5.97 Å². The number of aryl methyl sites for hydroxylation is 2. The fourth-order valence-corrected chi connectivity index (χ4v) is 2.25. The van der Waals surface area contributed by atoms with Crippen LogP contribution in [0.15, 0.2) is 18.2 Å². The zero-order valence-electron chi connectivity index (χ0n) is 12.4. The van der Waals surface area contributed by atoms with Crippen molar-refractivity contribution in [2.75, 3.05) is 13.7 Å². The van der Waals surface area contributed by atoms with Crippen LogP contribution in [0, 0.1) is 13.8 Å². The Labute approximate surface area is 120 Å². The lowest BCUT2D eigenvalue weighted by Gasteiger charge is -2.17. The van der Waals surface area contributed by atoms with Crippen LogP contribution in [0.3, 0.4) is 0 Å². The molecule has 1 N–H and O–H groups in total. The summed E-state index contributed by atoms with van der Waals surface area (Å²) < 4.78 is 10.7. The maximum absolute atomic E-state index is 11.7. The van der Waals surface area contributed by atoms with Gasteiger partial charge in [0.05, 0.1) is 13.7 Å². The summed E-state index contributed by atoms with van der Waals surface area (Å²) in [4.78, 5) is 11.7. The van der Waals surface area contributed by atoms with Crippen LogP contribution in [-0.4, -0.2) is 31.8 Å². The number of esters is 1. The van der Waals surface area contributed by atoms with Crippen LogP contribution in [0.2, 0.25) is 0 Å². The van der Waals surface area contributed by atoms with Gasteiger partial charge < -0.3 is 14.8 Å². The van der Waals surface area contributed by atoms with Crippen LogP contribution < -0.4 is 10.1 Å². The second-order valence-corrected chi connectivity index (χ2v) is 5.37. The molecule has 0 saturated heterocycles. The summed E-state index contributed by atoms with van der Waals surface area (Å²) >= 11 is 0. The molecular formula is C16H23NO3. The lowest BCUT2D eigenvalue weighted by Crippen LogP contribution is -2.40. The summed E-state index contributed by atoms with van der Waals surface area (Å²) in [6, 6.07) is 6.28. The van der Waals surface area contributed by atoms with Crippen molar-refractivity contribution in [3.05, 3.63) is 29.3 Å². The molecular weight excluding hydrogens is 254 g/mol. The zero-order valence-corrected chi connectivity index (χ0v) is 12.4. The van der Waals surface area contributed by atoms with E-state index in [9.17, 15) is 4.79 Å². The molecule has 1 aliphatic carbocycles. The first kappa shape index (κ1) is 14.9.